The van der Waals surface area contributed by atoms with Gasteiger partial charge in [-0.2, -0.15) is 5.10 Å². The molecule has 122 valence electrons. The Balaban J connectivity index is 1.73. The van der Waals surface area contributed by atoms with Crippen LogP contribution in [0.15, 0.2) is 60.7 Å². The Hall–Kier alpha value is -2.88. The van der Waals surface area contributed by atoms with Crippen LogP contribution in [0.1, 0.15) is 40.3 Å². The normalized spacial score (nSPS) is 12.0. The molecule has 0 saturated heterocycles. The fraction of sp³-hybridized carbons (Fsp3) is 0.200. The fourth-order valence-electron chi connectivity index (χ4n) is 2.75. The first-order chi connectivity index (χ1) is 11.5. The number of amides is 1. The van der Waals surface area contributed by atoms with Gasteiger partial charge in [0.1, 0.15) is 0 Å². The summed E-state index contributed by atoms with van der Waals surface area (Å²) < 4.78 is 1.88. The van der Waals surface area contributed by atoms with Crippen LogP contribution in [0.3, 0.4) is 0 Å². The fourth-order valence-corrected chi connectivity index (χ4v) is 2.75. The number of nitrogens with zero attached hydrogens (tertiary/aromatic N) is 2. The van der Waals surface area contributed by atoms with Gasteiger partial charge in [-0.3, -0.25) is 4.79 Å². The van der Waals surface area contributed by atoms with Gasteiger partial charge in [0.15, 0.2) is 0 Å². The third kappa shape index (κ3) is 3.38. The van der Waals surface area contributed by atoms with E-state index in [-0.39, 0.29) is 11.9 Å². The Bertz CT molecular complexity index is 835. The third-order valence-electron chi connectivity index (χ3n) is 4.03. The highest BCUT2D eigenvalue weighted by molar-refractivity contribution is 5.94. The Morgan fingerprint density at radius 2 is 1.71 bits per heavy atom. The molecular weight excluding hydrogens is 298 g/mol. The van der Waals surface area contributed by atoms with E-state index in [4.69, 9.17) is 0 Å². The molecule has 1 N–H and O–H groups in total. The number of carbonyl (C=O) groups is 1. The lowest BCUT2D eigenvalue weighted by atomic mass is 10.1. The van der Waals surface area contributed by atoms with Crippen molar-refractivity contribution in [1.82, 2.24) is 15.1 Å². The Morgan fingerprint density at radius 3 is 2.29 bits per heavy atom. The summed E-state index contributed by atoms with van der Waals surface area (Å²) in [6.07, 6.45) is 0. The van der Waals surface area contributed by atoms with Gasteiger partial charge in [0.05, 0.1) is 17.4 Å². The van der Waals surface area contributed by atoms with Crippen LogP contribution in [0.4, 0.5) is 0 Å². The van der Waals surface area contributed by atoms with Crippen LogP contribution in [0.25, 0.3) is 5.69 Å². The molecule has 1 heterocycles. The second-order valence-electron chi connectivity index (χ2n) is 5.99. The van der Waals surface area contributed by atoms with Crippen molar-refractivity contribution in [3.05, 3.63) is 83.2 Å². The molecule has 3 aromatic rings. The zero-order valence-electron chi connectivity index (χ0n) is 14.2. The summed E-state index contributed by atoms with van der Waals surface area (Å²) in [4.78, 5) is 12.4. The average Bonchev–Trinajstić information content (AvgIpc) is 2.94. The van der Waals surface area contributed by atoms with Crippen LogP contribution in [-0.4, -0.2) is 15.7 Å². The predicted molar refractivity (Wildman–Crippen MR) is 95.4 cm³/mol. The maximum atomic E-state index is 12.4. The first-order valence-corrected chi connectivity index (χ1v) is 8.04. The highest BCUT2D eigenvalue weighted by Gasteiger charge is 2.12. The van der Waals surface area contributed by atoms with E-state index < -0.39 is 0 Å². The van der Waals surface area contributed by atoms with Gasteiger partial charge in [0.25, 0.3) is 5.91 Å². The number of benzene rings is 2. The molecule has 0 radical (unpaired) electrons. The molecule has 1 atom stereocenters. The number of hydrogen-bond acceptors (Lipinski definition) is 2. The zero-order chi connectivity index (χ0) is 17.1. The first kappa shape index (κ1) is 16.0. The van der Waals surface area contributed by atoms with Crippen LogP contribution < -0.4 is 5.32 Å². The van der Waals surface area contributed by atoms with Crippen molar-refractivity contribution in [3.8, 4) is 5.69 Å². The minimum atomic E-state index is -0.0775. The van der Waals surface area contributed by atoms with Gasteiger partial charge in [-0.25, -0.2) is 4.68 Å². The largest absolute Gasteiger partial charge is 0.346 e. The molecule has 1 unspecified atom stereocenters. The number of aryl methyl sites for hydroxylation is 2. The lowest BCUT2D eigenvalue weighted by Crippen LogP contribution is -2.26. The summed E-state index contributed by atoms with van der Waals surface area (Å²) in [5.74, 6) is -0.0775. The van der Waals surface area contributed by atoms with E-state index in [1.54, 1.807) is 0 Å². The van der Waals surface area contributed by atoms with E-state index in [1.807, 2.05) is 86.1 Å². The first-order valence-electron chi connectivity index (χ1n) is 8.04. The number of carbonyl (C=O) groups excluding carboxylic acids is 1. The van der Waals surface area contributed by atoms with Crippen LogP contribution in [-0.2, 0) is 0 Å². The molecule has 0 saturated carbocycles. The van der Waals surface area contributed by atoms with Crippen LogP contribution in [0, 0.1) is 13.8 Å². The maximum absolute atomic E-state index is 12.4. The van der Waals surface area contributed by atoms with Crippen molar-refractivity contribution in [2.75, 3.05) is 0 Å². The van der Waals surface area contributed by atoms with E-state index in [2.05, 4.69) is 10.4 Å². The molecule has 0 aliphatic carbocycles. The van der Waals surface area contributed by atoms with Gasteiger partial charge in [0.2, 0.25) is 0 Å². The molecule has 1 amide bonds. The van der Waals surface area contributed by atoms with E-state index in [0.717, 1.165) is 22.6 Å². The lowest BCUT2D eigenvalue weighted by molar-refractivity contribution is 0.0940. The molecule has 24 heavy (non-hydrogen) atoms. The van der Waals surface area contributed by atoms with Crippen molar-refractivity contribution in [2.45, 2.75) is 26.8 Å². The zero-order valence-corrected chi connectivity index (χ0v) is 14.2. The summed E-state index contributed by atoms with van der Waals surface area (Å²) in [5, 5.41) is 7.48. The lowest BCUT2D eigenvalue weighted by Gasteiger charge is -2.14. The molecule has 2 aromatic carbocycles. The highest BCUT2D eigenvalue weighted by atomic mass is 16.1. The monoisotopic (exact) mass is 319 g/mol. The van der Waals surface area contributed by atoms with E-state index >= 15 is 0 Å². The Kier molecular flexibility index (Phi) is 4.47. The van der Waals surface area contributed by atoms with Crippen molar-refractivity contribution < 1.29 is 4.79 Å². The molecule has 0 aliphatic heterocycles. The summed E-state index contributed by atoms with van der Waals surface area (Å²) >= 11 is 0. The molecule has 3 rings (SSSR count). The Morgan fingerprint density at radius 1 is 1.04 bits per heavy atom. The van der Waals surface area contributed by atoms with Crippen LogP contribution in [0.2, 0.25) is 0 Å². The molecule has 0 spiro atoms. The molecule has 4 heteroatoms. The van der Waals surface area contributed by atoms with Gasteiger partial charge >= 0.3 is 0 Å². The maximum Gasteiger partial charge on any atom is 0.251 e. The summed E-state index contributed by atoms with van der Waals surface area (Å²) in [5.41, 5.74) is 4.73. The van der Waals surface area contributed by atoms with Crippen LogP contribution in [0.5, 0.6) is 0 Å². The van der Waals surface area contributed by atoms with E-state index in [1.165, 1.54) is 0 Å². The summed E-state index contributed by atoms with van der Waals surface area (Å²) in [6.45, 7) is 5.97. The minimum Gasteiger partial charge on any atom is -0.346 e. The third-order valence-corrected chi connectivity index (χ3v) is 4.03. The smallest absolute Gasteiger partial charge is 0.251 e. The quantitative estimate of drug-likeness (QED) is 0.790. The van der Waals surface area contributed by atoms with Crippen molar-refractivity contribution in [3.63, 3.8) is 0 Å². The molecule has 0 bridgehead atoms. The highest BCUT2D eigenvalue weighted by Crippen LogP contribution is 2.15. The summed E-state index contributed by atoms with van der Waals surface area (Å²) in [6, 6.07) is 19.4. The minimum absolute atomic E-state index is 0.0330. The van der Waals surface area contributed by atoms with E-state index in [0.29, 0.717) is 5.56 Å². The number of rotatable bonds is 4. The number of aromatic nitrogens is 2. The Labute approximate surface area is 142 Å². The predicted octanol–water partition coefficient (Wildman–Crippen LogP) is 3.98. The number of nitrogens with one attached hydrogen (secondary N) is 1. The van der Waals surface area contributed by atoms with Gasteiger partial charge < -0.3 is 5.32 Å². The number of hydrogen-bond donors (Lipinski definition) is 1. The van der Waals surface area contributed by atoms with Crippen LogP contribution >= 0.6 is 0 Å². The van der Waals surface area contributed by atoms with Crippen molar-refractivity contribution in [1.29, 1.82) is 0 Å². The topological polar surface area (TPSA) is 46.9 Å². The molecule has 0 fully saturated rings. The van der Waals surface area contributed by atoms with E-state index in [9.17, 15) is 4.79 Å². The second kappa shape index (κ2) is 6.71. The van der Waals surface area contributed by atoms with Crippen molar-refractivity contribution in [2.24, 2.45) is 0 Å². The van der Waals surface area contributed by atoms with Gasteiger partial charge in [-0.05, 0) is 56.7 Å². The average molecular weight is 319 g/mol. The summed E-state index contributed by atoms with van der Waals surface area (Å²) in [7, 11) is 0. The van der Waals surface area contributed by atoms with Gasteiger partial charge in [-0.1, -0.05) is 30.3 Å². The molecule has 1 aromatic heterocycles. The SMILES string of the molecule is Cc1cc(C)n(-c2ccc(C(=O)NC(C)c3ccccc3)cc2)n1. The van der Waals surface area contributed by atoms with Gasteiger partial charge in [0, 0.05) is 11.3 Å². The van der Waals surface area contributed by atoms with Gasteiger partial charge in [-0.15, -0.1) is 0 Å². The molecule has 0 aliphatic rings. The standard InChI is InChI=1S/C20H21N3O/c1-14-13-15(2)23(22-14)19-11-9-18(10-12-19)20(24)21-16(3)17-7-5-4-6-8-17/h4-13,16H,1-3H3,(H,21,24). The second-order valence-corrected chi connectivity index (χ2v) is 5.99. The molecular formula is C20H21N3O. The van der Waals surface area contributed by atoms with Crippen molar-refractivity contribution >= 4 is 5.91 Å². The molecule has 4 nitrogen and oxygen atoms in total.